The number of amides is 1. The monoisotopic (exact) mass is 672 g/mol. The summed E-state index contributed by atoms with van der Waals surface area (Å²) in [4.78, 5) is 12.5. The van der Waals surface area contributed by atoms with E-state index in [4.69, 9.17) is 0 Å². The van der Waals surface area contributed by atoms with Gasteiger partial charge in [0.05, 0.1) is 17.9 Å². The molecule has 0 fully saturated rings. The van der Waals surface area contributed by atoms with Crippen molar-refractivity contribution in [1.82, 2.24) is 5.32 Å². The molecule has 0 aliphatic rings. The van der Waals surface area contributed by atoms with E-state index in [1.54, 1.807) is 6.08 Å². The van der Waals surface area contributed by atoms with Crippen molar-refractivity contribution in [3.05, 3.63) is 12.2 Å². The zero-order chi connectivity index (χ0) is 34.0. The third kappa shape index (κ3) is 34.4. The molecule has 1 amide bonds. The first-order valence-electron chi connectivity index (χ1n) is 19.9. The van der Waals surface area contributed by atoms with E-state index in [1.807, 2.05) is 6.08 Å². The summed E-state index contributed by atoms with van der Waals surface area (Å²) in [6.45, 7) is 4.52. The van der Waals surface area contributed by atoms with Crippen LogP contribution >= 0.6 is 0 Å². The number of hydrogen-bond acceptors (Lipinski definition) is 4. The van der Waals surface area contributed by atoms with Crippen LogP contribution in [0.2, 0.25) is 0 Å². The lowest BCUT2D eigenvalue weighted by Crippen LogP contribution is -2.46. The predicted octanol–water partition coefficient (Wildman–Crippen LogP) is 11.4. The zero-order valence-corrected chi connectivity index (χ0v) is 31.3. The Morgan fingerprint density at radius 3 is 1.24 bits per heavy atom. The molecule has 6 nitrogen and oxygen atoms in total. The van der Waals surface area contributed by atoms with Gasteiger partial charge in [0, 0.05) is 6.42 Å². The fourth-order valence-corrected chi connectivity index (χ4v) is 6.95. The molecule has 0 rings (SSSR count). The number of aliphatic hydroxyl groups excluding tert-OH is 1. The van der Waals surface area contributed by atoms with Crippen molar-refractivity contribution in [2.45, 2.75) is 225 Å². The lowest BCUT2D eigenvalue weighted by molar-refractivity contribution is -0.122. The van der Waals surface area contributed by atoms with Crippen LogP contribution in [0, 0.1) is 0 Å². The quantitative estimate of drug-likeness (QED) is 0.0349. The second-order valence-corrected chi connectivity index (χ2v) is 15.4. The molecule has 46 heavy (non-hydrogen) atoms. The van der Waals surface area contributed by atoms with E-state index in [9.17, 15) is 22.9 Å². The van der Waals surface area contributed by atoms with Crippen molar-refractivity contribution in [1.29, 1.82) is 0 Å². The van der Waals surface area contributed by atoms with Gasteiger partial charge in [-0.15, -0.1) is 0 Å². The number of hydrogen-bond donors (Lipinski definition) is 3. The fraction of sp³-hybridized carbons (Fsp3) is 0.923. The Morgan fingerprint density at radius 2 is 0.891 bits per heavy atom. The predicted molar refractivity (Wildman–Crippen MR) is 198 cm³/mol. The highest BCUT2D eigenvalue weighted by atomic mass is 32.2. The minimum Gasteiger partial charge on any atom is -0.387 e. The van der Waals surface area contributed by atoms with Crippen LogP contribution in [-0.2, 0) is 14.9 Å². The van der Waals surface area contributed by atoms with Crippen molar-refractivity contribution >= 4 is 16.0 Å². The number of aliphatic hydroxyl groups is 1. The first-order valence-corrected chi connectivity index (χ1v) is 21.5. The summed E-state index contributed by atoms with van der Waals surface area (Å²) in [6.07, 6.45) is 40.5. The van der Waals surface area contributed by atoms with Crippen LogP contribution in [0.5, 0.6) is 0 Å². The highest BCUT2D eigenvalue weighted by molar-refractivity contribution is 7.85. The molecule has 0 aromatic carbocycles. The van der Waals surface area contributed by atoms with Gasteiger partial charge in [-0.25, -0.2) is 0 Å². The topological polar surface area (TPSA) is 104 Å². The zero-order valence-electron chi connectivity index (χ0n) is 30.5. The highest BCUT2D eigenvalue weighted by Crippen LogP contribution is 2.15. The van der Waals surface area contributed by atoms with E-state index in [0.717, 1.165) is 38.5 Å². The van der Waals surface area contributed by atoms with Gasteiger partial charge in [-0.3, -0.25) is 9.35 Å². The van der Waals surface area contributed by atoms with Crippen molar-refractivity contribution in [2.24, 2.45) is 0 Å². The van der Waals surface area contributed by atoms with Gasteiger partial charge in [0.25, 0.3) is 10.1 Å². The van der Waals surface area contributed by atoms with Crippen LogP contribution < -0.4 is 5.32 Å². The first-order chi connectivity index (χ1) is 22.3. The first kappa shape index (κ1) is 45.1. The maximum atomic E-state index is 12.5. The normalized spacial score (nSPS) is 13.4. The van der Waals surface area contributed by atoms with E-state index < -0.39 is 28.0 Å². The highest BCUT2D eigenvalue weighted by Gasteiger charge is 2.24. The summed E-state index contributed by atoms with van der Waals surface area (Å²) in [5.41, 5.74) is 0. The Morgan fingerprint density at radius 1 is 0.565 bits per heavy atom. The second kappa shape index (κ2) is 34.0. The summed E-state index contributed by atoms with van der Waals surface area (Å²) in [6, 6.07) is -1.05. The lowest BCUT2D eigenvalue weighted by atomic mass is 10.0. The lowest BCUT2D eigenvalue weighted by Gasteiger charge is -2.21. The molecule has 0 aliphatic heterocycles. The van der Waals surface area contributed by atoms with Crippen molar-refractivity contribution in [3.8, 4) is 0 Å². The number of carbonyl (C=O) groups is 1. The molecule has 0 saturated carbocycles. The average molecular weight is 672 g/mol. The molecule has 0 aromatic heterocycles. The third-order valence-corrected chi connectivity index (χ3v) is 9.99. The van der Waals surface area contributed by atoms with E-state index >= 15 is 0 Å². The average Bonchev–Trinajstić information content (AvgIpc) is 3.01. The van der Waals surface area contributed by atoms with Gasteiger partial charge in [-0.05, 0) is 19.3 Å². The summed E-state index contributed by atoms with van der Waals surface area (Å²) >= 11 is 0. The molecule has 0 saturated heterocycles. The molecule has 7 heteroatoms. The Balaban J connectivity index is 3.90. The molecular formula is C39H77NO5S. The Hall–Kier alpha value is -0.920. The minimum absolute atomic E-state index is 0.275. The van der Waals surface area contributed by atoms with Crippen LogP contribution in [0.4, 0.5) is 0 Å². The SMILES string of the molecule is CCCCCCCCCCCCCC/C=C/C(O)C(CS(=O)(=O)O)NC(=O)CCCCCCCCCCCCCCCCCCC. The molecule has 0 aromatic rings. The summed E-state index contributed by atoms with van der Waals surface area (Å²) in [7, 11) is -4.33. The van der Waals surface area contributed by atoms with Crippen molar-refractivity contribution in [2.75, 3.05) is 5.75 Å². The minimum atomic E-state index is -4.33. The molecule has 0 spiro atoms. The van der Waals surface area contributed by atoms with Gasteiger partial charge < -0.3 is 10.4 Å². The number of nitrogens with one attached hydrogen (secondary N) is 1. The Kier molecular flexibility index (Phi) is 33.3. The smallest absolute Gasteiger partial charge is 0.267 e. The molecular weight excluding hydrogens is 594 g/mol. The third-order valence-electron chi connectivity index (χ3n) is 9.21. The van der Waals surface area contributed by atoms with Gasteiger partial charge in [0.15, 0.2) is 0 Å². The number of rotatable bonds is 36. The van der Waals surface area contributed by atoms with E-state index in [1.165, 1.54) is 154 Å². The van der Waals surface area contributed by atoms with Gasteiger partial charge in [0.1, 0.15) is 0 Å². The van der Waals surface area contributed by atoms with Gasteiger partial charge in [-0.1, -0.05) is 199 Å². The molecule has 0 aliphatic carbocycles. The number of carbonyl (C=O) groups excluding carboxylic acids is 1. The van der Waals surface area contributed by atoms with Crippen LogP contribution in [0.25, 0.3) is 0 Å². The molecule has 2 atom stereocenters. The molecule has 274 valence electrons. The summed E-state index contributed by atoms with van der Waals surface area (Å²) in [5.74, 6) is -0.968. The largest absolute Gasteiger partial charge is 0.387 e. The van der Waals surface area contributed by atoms with Crippen LogP contribution in [-0.4, -0.2) is 41.9 Å². The molecule has 0 heterocycles. The van der Waals surface area contributed by atoms with Gasteiger partial charge in [-0.2, -0.15) is 8.42 Å². The van der Waals surface area contributed by atoms with E-state index in [-0.39, 0.29) is 5.91 Å². The number of allylic oxidation sites excluding steroid dienone is 1. The van der Waals surface area contributed by atoms with Crippen molar-refractivity contribution < 1.29 is 22.9 Å². The van der Waals surface area contributed by atoms with Gasteiger partial charge >= 0.3 is 0 Å². The maximum Gasteiger partial charge on any atom is 0.267 e. The molecule has 0 radical (unpaired) electrons. The Labute approximate surface area is 286 Å². The Bertz CT molecular complexity index is 785. The fourth-order valence-electron chi connectivity index (χ4n) is 6.21. The standard InChI is InChI=1S/C39H77NO5S/c1-3-5-7-9-11-13-15-17-19-20-21-23-25-27-29-31-33-35-39(42)40-37(36-46(43,44)45)38(41)34-32-30-28-26-24-22-18-16-14-12-10-8-6-4-2/h32,34,37-38,41H,3-31,33,35-36H2,1-2H3,(H,40,42)(H,43,44,45)/b34-32+. The van der Waals surface area contributed by atoms with Crippen LogP contribution in [0.3, 0.4) is 0 Å². The summed E-state index contributed by atoms with van der Waals surface area (Å²) in [5, 5.41) is 13.2. The second-order valence-electron chi connectivity index (χ2n) is 13.9. The van der Waals surface area contributed by atoms with E-state index in [2.05, 4.69) is 19.2 Å². The molecule has 3 N–H and O–H groups in total. The van der Waals surface area contributed by atoms with Crippen LogP contribution in [0.1, 0.15) is 213 Å². The molecule has 2 unspecified atom stereocenters. The maximum absolute atomic E-state index is 12.5. The van der Waals surface area contributed by atoms with E-state index in [0.29, 0.717) is 6.42 Å². The molecule has 0 bridgehead atoms. The van der Waals surface area contributed by atoms with Crippen LogP contribution in [0.15, 0.2) is 12.2 Å². The van der Waals surface area contributed by atoms with Gasteiger partial charge in [0.2, 0.25) is 5.91 Å². The summed E-state index contributed by atoms with van der Waals surface area (Å²) < 4.78 is 32.4. The number of unbranched alkanes of at least 4 members (excludes halogenated alkanes) is 28. The van der Waals surface area contributed by atoms with Crippen molar-refractivity contribution in [3.63, 3.8) is 0 Å².